The molecule has 148 valence electrons. The molecular weight excluding hydrogens is 328 g/mol. The summed E-state index contributed by atoms with van der Waals surface area (Å²) in [6.45, 7) is 7.82. The third kappa shape index (κ3) is 12.6. The molecule has 0 aromatic heterocycles. The summed E-state index contributed by atoms with van der Waals surface area (Å²) in [7, 11) is 2.92. The van der Waals surface area contributed by atoms with E-state index >= 15 is 0 Å². The van der Waals surface area contributed by atoms with Crippen LogP contribution in [0.3, 0.4) is 0 Å². The van der Waals surface area contributed by atoms with Gasteiger partial charge >= 0.3 is 12.1 Å². The van der Waals surface area contributed by atoms with Crippen molar-refractivity contribution in [2.45, 2.75) is 51.7 Å². The van der Waals surface area contributed by atoms with Crippen molar-refractivity contribution in [3.8, 4) is 0 Å². The number of hydrogen-bond donors (Lipinski definition) is 1. The van der Waals surface area contributed by atoms with Crippen LogP contribution in [0.4, 0.5) is 4.79 Å². The molecule has 0 rings (SSSR count). The van der Waals surface area contributed by atoms with Gasteiger partial charge in [0.15, 0.2) is 0 Å². The van der Waals surface area contributed by atoms with Gasteiger partial charge in [-0.05, 0) is 40.0 Å². The van der Waals surface area contributed by atoms with Gasteiger partial charge in [0.1, 0.15) is 11.6 Å². The highest BCUT2D eigenvalue weighted by Crippen LogP contribution is 2.11. The summed E-state index contributed by atoms with van der Waals surface area (Å²) >= 11 is 0. The molecule has 0 aromatic rings. The molecule has 0 aliphatic carbocycles. The molecule has 0 saturated heterocycles. The van der Waals surface area contributed by atoms with Crippen LogP contribution in [0.25, 0.3) is 0 Å². The van der Waals surface area contributed by atoms with E-state index in [9.17, 15) is 9.59 Å². The van der Waals surface area contributed by atoms with Crippen LogP contribution in [0, 0.1) is 0 Å². The van der Waals surface area contributed by atoms with Gasteiger partial charge in [-0.2, -0.15) is 0 Å². The van der Waals surface area contributed by atoms with Crippen LogP contribution < -0.4 is 5.73 Å². The molecular formula is C17H34N2O6. The fraction of sp³-hybridized carbons (Fsp3) is 0.882. The van der Waals surface area contributed by atoms with Gasteiger partial charge in [-0.1, -0.05) is 0 Å². The van der Waals surface area contributed by atoms with Gasteiger partial charge in [0, 0.05) is 20.2 Å². The van der Waals surface area contributed by atoms with Crippen LogP contribution >= 0.6 is 0 Å². The first-order valence-corrected chi connectivity index (χ1v) is 8.59. The van der Waals surface area contributed by atoms with Crippen molar-refractivity contribution in [2.24, 2.45) is 5.73 Å². The van der Waals surface area contributed by atoms with Crippen LogP contribution in [0.5, 0.6) is 0 Å². The van der Waals surface area contributed by atoms with Crippen LogP contribution in [-0.4, -0.2) is 75.7 Å². The Hall–Kier alpha value is -1.38. The number of unbranched alkanes of at least 4 members (excludes halogenated alkanes) is 1. The molecule has 0 spiro atoms. The maximum absolute atomic E-state index is 12.3. The van der Waals surface area contributed by atoms with Gasteiger partial charge in [-0.15, -0.1) is 0 Å². The van der Waals surface area contributed by atoms with E-state index in [1.54, 1.807) is 12.0 Å². The lowest BCUT2D eigenvalue weighted by Crippen LogP contribution is -2.39. The highest BCUT2D eigenvalue weighted by atomic mass is 16.6. The number of carbonyl (C=O) groups is 2. The summed E-state index contributed by atoms with van der Waals surface area (Å²) in [4.78, 5) is 25.2. The number of carbonyl (C=O) groups excluding carboxylic acids is 2. The molecule has 2 N–H and O–H groups in total. The molecule has 0 aliphatic heterocycles. The lowest BCUT2D eigenvalue weighted by atomic mass is 10.1. The summed E-state index contributed by atoms with van der Waals surface area (Å²) in [6.07, 6.45) is 1.56. The Balaban J connectivity index is 4.32. The Morgan fingerprint density at radius 1 is 1.04 bits per heavy atom. The van der Waals surface area contributed by atoms with Gasteiger partial charge in [-0.3, -0.25) is 4.79 Å². The van der Waals surface area contributed by atoms with Gasteiger partial charge in [0.25, 0.3) is 0 Å². The predicted octanol–water partition coefficient (Wildman–Crippen LogP) is 1.56. The van der Waals surface area contributed by atoms with Crippen LogP contribution in [0.2, 0.25) is 0 Å². The zero-order chi connectivity index (χ0) is 19.3. The van der Waals surface area contributed by atoms with Crippen molar-refractivity contribution in [1.82, 2.24) is 4.90 Å². The number of rotatable bonds is 12. The molecule has 0 bridgehead atoms. The number of nitrogens with zero attached hydrogens (tertiary/aromatic N) is 1. The van der Waals surface area contributed by atoms with Crippen molar-refractivity contribution in [2.75, 3.05) is 47.1 Å². The summed E-state index contributed by atoms with van der Waals surface area (Å²) in [5.41, 5.74) is 5.15. The molecule has 0 aromatic carbocycles. The van der Waals surface area contributed by atoms with Gasteiger partial charge in [-0.25, -0.2) is 4.79 Å². The quantitative estimate of drug-likeness (QED) is 0.415. The lowest BCUT2D eigenvalue weighted by Gasteiger charge is -2.27. The maximum Gasteiger partial charge on any atom is 0.410 e. The minimum atomic E-state index is -0.627. The molecule has 0 saturated carbocycles. The van der Waals surface area contributed by atoms with Crippen LogP contribution in [-0.2, 0) is 23.7 Å². The predicted molar refractivity (Wildman–Crippen MR) is 94.3 cm³/mol. The van der Waals surface area contributed by atoms with Crippen molar-refractivity contribution >= 4 is 12.1 Å². The van der Waals surface area contributed by atoms with E-state index < -0.39 is 17.6 Å². The number of amides is 1. The number of nitrogens with two attached hydrogens (primary N) is 1. The van der Waals surface area contributed by atoms with Gasteiger partial charge < -0.3 is 29.6 Å². The first-order chi connectivity index (χ1) is 11.7. The van der Waals surface area contributed by atoms with Crippen molar-refractivity contribution in [3.63, 3.8) is 0 Å². The number of methoxy groups -OCH3 is 2. The Morgan fingerprint density at radius 3 is 2.28 bits per heavy atom. The summed E-state index contributed by atoms with van der Waals surface area (Å²) in [5, 5.41) is 0. The third-order valence-electron chi connectivity index (χ3n) is 3.29. The smallest absolute Gasteiger partial charge is 0.410 e. The van der Waals surface area contributed by atoms with E-state index in [0.29, 0.717) is 52.2 Å². The average molecular weight is 362 g/mol. The lowest BCUT2D eigenvalue weighted by molar-refractivity contribution is -0.142. The summed E-state index contributed by atoms with van der Waals surface area (Å²) < 4.78 is 20.3. The Morgan fingerprint density at radius 2 is 1.72 bits per heavy atom. The maximum atomic E-state index is 12.3. The average Bonchev–Trinajstić information content (AvgIpc) is 2.53. The highest BCUT2D eigenvalue weighted by molar-refractivity contribution is 5.75. The molecule has 0 unspecified atom stereocenters. The second-order valence-corrected chi connectivity index (χ2v) is 6.70. The van der Waals surface area contributed by atoms with E-state index in [1.807, 2.05) is 20.8 Å². The zero-order valence-corrected chi connectivity index (χ0v) is 16.2. The van der Waals surface area contributed by atoms with E-state index in [-0.39, 0.29) is 6.09 Å². The van der Waals surface area contributed by atoms with Gasteiger partial charge in [0.2, 0.25) is 0 Å². The summed E-state index contributed by atoms with van der Waals surface area (Å²) in [6, 6.07) is -0.627. The molecule has 25 heavy (non-hydrogen) atoms. The first kappa shape index (κ1) is 23.6. The van der Waals surface area contributed by atoms with Crippen molar-refractivity contribution in [3.05, 3.63) is 0 Å². The van der Waals surface area contributed by atoms with E-state index in [4.69, 9.17) is 19.9 Å². The Kier molecular flexibility index (Phi) is 12.2. The van der Waals surface area contributed by atoms with Gasteiger partial charge in [0.05, 0.1) is 26.9 Å². The Bertz CT molecular complexity index is 384. The van der Waals surface area contributed by atoms with Crippen molar-refractivity contribution < 1.29 is 28.5 Å². The third-order valence-corrected chi connectivity index (χ3v) is 3.29. The minimum absolute atomic E-state index is 0.375. The van der Waals surface area contributed by atoms with E-state index in [1.165, 1.54) is 7.11 Å². The molecule has 0 fully saturated rings. The molecule has 0 aliphatic rings. The normalized spacial score (nSPS) is 12.6. The molecule has 1 atom stereocenters. The fourth-order valence-corrected chi connectivity index (χ4v) is 1.98. The molecule has 1 amide bonds. The van der Waals surface area contributed by atoms with Crippen LogP contribution in [0.1, 0.15) is 40.0 Å². The van der Waals surface area contributed by atoms with E-state index in [0.717, 1.165) is 0 Å². The van der Waals surface area contributed by atoms with E-state index in [2.05, 4.69) is 4.74 Å². The summed E-state index contributed by atoms with van der Waals surface area (Å²) in [5.74, 6) is -0.421. The molecule has 0 heterocycles. The fourth-order valence-electron chi connectivity index (χ4n) is 1.98. The highest BCUT2D eigenvalue weighted by Gasteiger charge is 2.22. The molecule has 0 radical (unpaired) electrons. The first-order valence-electron chi connectivity index (χ1n) is 8.59. The van der Waals surface area contributed by atoms with Crippen molar-refractivity contribution in [1.29, 1.82) is 0 Å². The largest absolute Gasteiger partial charge is 0.468 e. The standard InChI is InChI=1S/C17H34N2O6/c1-17(2,3)25-16(21)19(10-11-24-13-12-22-4)9-7-6-8-14(18)15(20)23-5/h14H,6-13,18H2,1-5H3/t14-/m1/s1. The number of ether oxygens (including phenoxy) is 4. The second kappa shape index (κ2) is 12.9. The monoisotopic (exact) mass is 362 g/mol. The molecule has 8 heteroatoms. The zero-order valence-electron chi connectivity index (χ0n) is 16.2. The van der Waals surface area contributed by atoms with Crippen LogP contribution in [0.15, 0.2) is 0 Å². The SMILES string of the molecule is COCCOCCN(CCCC[C@@H](N)C(=O)OC)C(=O)OC(C)(C)C. The Labute approximate surface area is 150 Å². The molecule has 8 nitrogen and oxygen atoms in total. The topological polar surface area (TPSA) is 100 Å². The minimum Gasteiger partial charge on any atom is -0.468 e. The number of esters is 1. The second-order valence-electron chi connectivity index (χ2n) is 6.70. The number of hydrogen-bond acceptors (Lipinski definition) is 7.